The van der Waals surface area contributed by atoms with Gasteiger partial charge in [0.1, 0.15) is 0 Å². The average molecular weight is 311 g/mol. The number of anilines is 1. The van der Waals surface area contributed by atoms with Crippen molar-refractivity contribution in [2.45, 2.75) is 13.5 Å². The molecule has 0 aliphatic rings. The van der Waals surface area contributed by atoms with Gasteiger partial charge < -0.3 is 15.5 Å². The highest BCUT2D eigenvalue weighted by Gasteiger charge is 2.10. The van der Waals surface area contributed by atoms with Gasteiger partial charge in [-0.25, -0.2) is 4.79 Å². The number of rotatable bonds is 4. The summed E-state index contributed by atoms with van der Waals surface area (Å²) in [6, 6.07) is 14.7. The van der Waals surface area contributed by atoms with Crippen LogP contribution in [-0.4, -0.2) is 30.9 Å². The molecule has 0 radical (unpaired) electrons. The molecule has 0 atom stereocenters. The molecule has 3 amide bonds. The average Bonchev–Trinajstić information content (AvgIpc) is 2.56. The molecule has 0 saturated carbocycles. The summed E-state index contributed by atoms with van der Waals surface area (Å²) in [7, 11) is 3.33. The summed E-state index contributed by atoms with van der Waals surface area (Å²) in [4.78, 5) is 25.3. The summed E-state index contributed by atoms with van der Waals surface area (Å²) in [5.74, 6) is -0.123. The quantitative estimate of drug-likeness (QED) is 0.912. The van der Waals surface area contributed by atoms with E-state index in [0.29, 0.717) is 12.1 Å². The topological polar surface area (TPSA) is 61.4 Å². The Bertz CT molecular complexity index is 678. The highest BCUT2D eigenvalue weighted by molar-refractivity contribution is 5.94. The number of carbonyl (C=O) groups is 2. The normalized spacial score (nSPS) is 10.0. The van der Waals surface area contributed by atoms with Gasteiger partial charge in [-0.3, -0.25) is 4.79 Å². The highest BCUT2D eigenvalue weighted by Crippen LogP contribution is 2.11. The maximum atomic E-state index is 12.2. The van der Waals surface area contributed by atoms with Crippen LogP contribution in [0.25, 0.3) is 0 Å². The number of amides is 3. The van der Waals surface area contributed by atoms with E-state index in [0.717, 1.165) is 16.8 Å². The number of hydrogen-bond donors (Lipinski definition) is 2. The van der Waals surface area contributed by atoms with Crippen molar-refractivity contribution in [3.05, 3.63) is 65.2 Å². The number of hydrogen-bond acceptors (Lipinski definition) is 2. The van der Waals surface area contributed by atoms with Crippen LogP contribution in [0.5, 0.6) is 0 Å². The number of nitrogens with zero attached hydrogens (tertiary/aromatic N) is 1. The summed E-state index contributed by atoms with van der Waals surface area (Å²) in [5, 5.41) is 5.43. The van der Waals surface area contributed by atoms with Crippen molar-refractivity contribution in [3.63, 3.8) is 0 Å². The van der Waals surface area contributed by atoms with Gasteiger partial charge in [0.25, 0.3) is 5.91 Å². The molecule has 0 bridgehead atoms. The standard InChI is InChI=1S/C18H21N3O2/c1-13-4-10-16(11-5-13)20-18(23)21(3)12-14-6-8-15(9-7-14)17(22)19-2/h4-11H,12H2,1-3H3,(H,19,22)(H,20,23). The van der Waals surface area contributed by atoms with E-state index in [9.17, 15) is 9.59 Å². The number of aryl methyl sites for hydroxylation is 1. The monoisotopic (exact) mass is 311 g/mol. The first-order chi connectivity index (χ1) is 11.0. The molecule has 5 nitrogen and oxygen atoms in total. The van der Waals surface area contributed by atoms with E-state index in [1.165, 1.54) is 0 Å². The molecule has 2 rings (SSSR count). The van der Waals surface area contributed by atoms with Crippen LogP contribution in [0.4, 0.5) is 10.5 Å². The molecule has 0 saturated heterocycles. The van der Waals surface area contributed by atoms with Crippen molar-refractivity contribution >= 4 is 17.6 Å². The lowest BCUT2D eigenvalue weighted by molar-refractivity contribution is 0.0963. The van der Waals surface area contributed by atoms with Crippen LogP contribution in [-0.2, 0) is 6.54 Å². The van der Waals surface area contributed by atoms with Crippen LogP contribution in [0.3, 0.4) is 0 Å². The minimum Gasteiger partial charge on any atom is -0.355 e. The third kappa shape index (κ3) is 4.57. The van der Waals surface area contributed by atoms with Crippen LogP contribution in [0.15, 0.2) is 48.5 Å². The number of urea groups is 1. The first-order valence-corrected chi connectivity index (χ1v) is 7.39. The molecule has 2 aromatic carbocycles. The van der Waals surface area contributed by atoms with Crippen molar-refractivity contribution in [2.24, 2.45) is 0 Å². The molecule has 120 valence electrons. The SMILES string of the molecule is CNC(=O)c1ccc(CN(C)C(=O)Nc2ccc(C)cc2)cc1. The fourth-order valence-electron chi connectivity index (χ4n) is 2.11. The zero-order valence-corrected chi connectivity index (χ0v) is 13.6. The zero-order chi connectivity index (χ0) is 16.8. The van der Waals surface area contributed by atoms with Gasteiger partial charge in [0.15, 0.2) is 0 Å². The van der Waals surface area contributed by atoms with Crippen molar-refractivity contribution < 1.29 is 9.59 Å². The van der Waals surface area contributed by atoms with Gasteiger partial charge in [0, 0.05) is 31.9 Å². The third-order valence-electron chi connectivity index (χ3n) is 3.51. The number of carbonyl (C=O) groups excluding carboxylic acids is 2. The second kappa shape index (κ2) is 7.45. The minimum atomic E-state index is -0.177. The molecule has 0 aromatic heterocycles. The Kier molecular flexibility index (Phi) is 5.36. The van der Waals surface area contributed by atoms with Crippen LogP contribution in [0, 0.1) is 6.92 Å². The van der Waals surface area contributed by atoms with Crippen LogP contribution in [0.1, 0.15) is 21.5 Å². The smallest absolute Gasteiger partial charge is 0.321 e. The fraction of sp³-hybridized carbons (Fsp3) is 0.222. The molecule has 0 unspecified atom stereocenters. The highest BCUT2D eigenvalue weighted by atomic mass is 16.2. The molecule has 5 heteroatoms. The van der Waals surface area contributed by atoms with Gasteiger partial charge in [0.2, 0.25) is 0 Å². The largest absolute Gasteiger partial charge is 0.355 e. The first kappa shape index (κ1) is 16.5. The Morgan fingerprint density at radius 1 is 1.00 bits per heavy atom. The predicted octanol–water partition coefficient (Wildman–Crippen LogP) is 3.02. The third-order valence-corrected chi connectivity index (χ3v) is 3.51. The molecular formula is C18H21N3O2. The molecule has 0 spiro atoms. The van der Waals surface area contributed by atoms with Crippen molar-refractivity contribution in [1.82, 2.24) is 10.2 Å². The fourth-order valence-corrected chi connectivity index (χ4v) is 2.11. The Hall–Kier alpha value is -2.82. The van der Waals surface area contributed by atoms with Gasteiger partial charge in [0.05, 0.1) is 0 Å². The number of nitrogens with one attached hydrogen (secondary N) is 2. The molecule has 2 N–H and O–H groups in total. The van der Waals surface area contributed by atoms with Gasteiger partial charge in [-0.05, 0) is 36.8 Å². The van der Waals surface area contributed by atoms with E-state index in [2.05, 4.69) is 10.6 Å². The molecule has 2 aromatic rings. The summed E-state index contributed by atoms with van der Waals surface area (Å²) >= 11 is 0. The Morgan fingerprint density at radius 2 is 1.61 bits per heavy atom. The maximum absolute atomic E-state index is 12.2. The molecule has 0 heterocycles. The van der Waals surface area contributed by atoms with Gasteiger partial charge in [-0.2, -0.15) is 0 Å². The van der Waals surface area contributed by atoms with Crippen LogP contribution >= 0.6 is 0 Å². The van der Waals surface area contributed by atoms with Crippen molar-refractivity contribution in [1.29, 1.82) is 0 Å². The van der Waals surface area contributed by atoms with Gasteiger partial charge in [-0.15, -0.1) is 0 Å². The lowest BCUT2D eigenvalue weighted by Crippen LogP contribution is -2.30. The van der Waals surface area contributed by atoms with Crippen molar-refractivity contribution in [2.75, 3.05) is 19.4 Å². The zero-order valence-electron chi connectivity index (χ0n) is 13.6. The second-order valence-corrected chi connectivity index (χ2v) is 5.43. The Labute approximate surface area is 136 Å². The molecule has 0 fully saturated rings. The summed E-state index contributed by atoms with van der Waals surface area (Å²) in [5.41, 5.74) is 3.47. The Morgan fingerprint density at radius 3 is 2.17 bits per heavy atom. The van der Waals surface area contributed by atoms with Crippen molar-refractivity contribution in [3.8, 4) is 0 Å². The van der Waals surface area contributed by atoms with E-state index in [4.69, 9.17) is 0 Å². The molecule has 23 heavy (non-hydrogen) atoms. The number of benzene rings is 2. The summed E-state index contributed by atoms with van der Waals surface area (Å²) < 4.78 is 0. The summed E-state index contributed by atoms with van der Waals surface area (Å²) in [6.45, 7) is 2.46. The maximum Gasteiger partial charge on any atom is 0.321 e. The molecule has 0 aliphatic heterocycles. The van der Waals surface area contributed by atoms with E-state index in [-0.39, 0.29) is 11.9 Å². The van der Waals surface area contributed by atoms with Gasteiger partial charge >= 0.3 is 6.03 Å². The molecular weight excluding hydrogens is 290 g/mol. The van der Waals surface area contributed by atoms with E-state index >= 15 is 0 Å². The van der Waals surface area contributed by atoms with E-state index in [1.54, 1.807) is 31.1 Å². The molecule has 0 aliphatic carbocycles. The Balaban J connectivity index is 1.95. The second-order valence-electron chi connectivity index (χ2n) is 5.43. The van der Waals surface area contributed by atoms with E-state index < -0.39 is 0 Å². The van der Waals surface area contributed by atoms with Gasteiger partial charge in [-0.1, -0.05) is 29.8 Å². The van der Waals surface area contributed by atoms with Crippen LogP contribution < -0.4 is 10.6 Å². The lowest BCUT2D eigenvalue weighted by atomic mass is 10.1. The van der Waals surface area contributed by atoms with E-state index in [1.807, 2.05) is 43.3 Å². The predicted molar refractivity (Wildman–Crippen MR) is 91.5 cm³/mol. The first-order valence-electron chi connectivity index (χ1n) is 7.39. The lowest BCUT2D eigenvalue weighted by Gasteiger charge is -2.18. The minimum absolute atomic E-state index is 0.123. The summed E-state index contributed by atoms with van der Waals surface area (Å²) in [6.07, 6.45) is 0. The van der Waals surface area contributed by atoms with Crippen LogP contribution in [0.2, 0.25) is 0 Å².